The zero-order chi connectivity index (χ0) is 24.6. The Bertz CT molecular complexity index is 1050. The number of allylic oxidation sites excluding steroid dienone is 2. The predicted molar refractivity (Wildman–Crippen MR) is 130 cm³/mol. The van der Waals surface area contributed by atoms with E-state index in [0.717, 1.165) is 5.57 Å². The van der Waals surface area contributed by atoms with Gasteiger partial charge < -0.3 is 0 Å². The van der Waals surface area contributed by atoms with E-state index in [4.69, 9.17) is 6.85 Å². The molecule has 0 bridgehead atoms. The third kappa shape index (κ3) is 3.84. The van der Waals surface area contributed by atoms with Crippen LogP contribution >= 0.6 is 7.26 Å². The first-order valence-corrected chi connectivity index (χ1v) is 12.3. The molecule has 0 nitrogen and oxygen atoms in total. The van der Waals surface area contributed by atoms with Gasteiger partial charge in [0.15, 0.2) is 0 Å². The van der Waals surface area contributed by atoms with E-state index in [1.165, 1.54) is 15.9 Å². The second kappa shape index (κ2) is 8.29. The highest BCUT2D eigenvalue weighted by Crippen LogP contribution is 2.59. The lowest BCUT2D eigenvalue weighted by Crippen LogP contribution is -2.36. The van der Waals surface area contributed by atoms with E-state index in [2.05, 4.69) is 50.2 Å². The van der Waals surface area contributed by atoms with Gasteiger partial charge in [0.25, 0.3) is 0 Å². The first-order valence-electron chi connectivity index (χ1n) is 12.8. The van der Waals surface area contributed by atoms with E-state index in [0.29, 0.717) is 12.6 Å². The molecule has 148 valence electrons. The highest BCUT2D eigenvalue weighted by molar-refractivity contribution is 7.95. The largest absolute Gasteiger partial charge is 0.116 e. The molecule has 0 aromatic heterocycles. The number of hydrogen-bond donors (Lipinski definition) is 0. The van der Waals surface area contributed by atoms with Gasteiger partial charge in [-0.3, -0.25) is 0 Å². The van der Waals surface area contributed by atoms with Crippen LogP contribution in [0.4, 0.5) is 0 Å². The molecule has 0 fully saturated rings. The molecule has 0 heterocycles. The molecule has 29 heavy (non-hydrogen) atoms. The number of rotatable bonds is 5. The summed E-state index contributed by atoms with van der Waals surface area (Å²) in [5.41, 5.74) is 0.357. The lowest BCUT2D eigenvalue weighted by molar-refractivity contribution is 0.368. The molecule has 0 unspecified atom stereocenters. The Morgan fingerprint density at radius 1 is 0.793 bits per heavy atom. The highest BCUT2D eigenvalue weighted by atomic mass is 31.2. The van der Waals surface area contributed by atoms with Crippen molar-refractivity contribution < 1.29 is 6.85 Å². The molecule has 3 aromatic carbocycles. The Morgan fingerprint density at radius 3 is 1.66 bits per heavy atom. The van der Waals surface area contributed by atoms with Gasteiger partial charge in [0.1, 0.15) is 23.2 Å². The maximum Gasteiger partial charge on any atom is 0.116 e. The van der Waals surface area contributed by atoms with Gasteiger partial charge in [-0.15, -0.1) is 0 Å². The molecular weight excluding hydrogens is 367 g/mol. The van der Waals surface area contributed by atoms with Crippen LogP contribution in [0.15, 0.2) is 102 Å². The molecule has 0 saturated carbocycles. The summed E-state index contributed by atoms with van der Waals surface area (Å²) >= 11 is 0. The Labute approximate surface area is 184 Å². The van der Waals surface area contributed by atoms with Gasteiger partial charge in [0.2, 0.25) is 0 Å². The Morgan fingerprint density at radius 2 is 1.24 bits per heavy atom. The number of hydrogen-bond acceptors (Lipinski definition) is 0. The van der Waals surface area contributed by atoms with Crippen molar-refractivity contribution in [1.82, 2.24) is 0 Å². The summed E-state index contributed by atoms with van der Waals surface area (Å²) in [6.07, 6.45) is -0.501. The molecule has 0 atom stereocenters. The van der Waals surface area contributed by atoms with Crippen LogP contribution in [0, 0.1) is 5.41 Å². The van der Waals surface area contributed by atoms with Crippen molar-refractivity contribution in [1.29, 1.82) is 0 Å². The molecule has 0 amide bonds. The summed E-state index contributed by atoms with van der Waals surface area (Å²) in [4.78, 5) is 0. The monoisotopic (exact) mass is 404 g/mol. The fourth-order valence-electron chi connectivity index (χ4n) is 4.39. The van der Waals surface area contributed by atoms with Gasteiger partial charge in [-0.2, -0.15) is 0 Å². The molecule has 0 spiro atoms. The van der Waals surface area contributed by atoms with Crippen LogP contribution in [0.2, 0.25) is 0 Å². The fourth-order valence-corrected chi connectivity index (χ4v) is 8.94. The molecule has 1 heteroatoms. The molecule has 1 aliphatic rings. The minimum absolute atomic E-state index is 0.0171. The van der Waals surface area contributed by atoms with Crippen LogP contribution in [-0.2, 0) is 0 Å². The normalized spacial score (nSPS) is 21.4. The van der Waals surface area contributed by atoms with Gasteiger partial charge in [0.05, 0.1) is 6.16 Å². The average Bonchev–Trinajstić information content (AvgIpc) is 2.81. The van der Waals surface area contributed by atoms with Gasteiger partial charge in [-0.25, -0.2) is 0 Å². The zero-order valence-corrected chi connectivity index (χ0v) is 18.1. The smallest absolute Gasteiger partial charge is 0.0699 e. The van der Waals surface area contributed by atoms with Crippen molar-refractivity contribution in [3.05, 3.63) is 102 Å². The van der Waals surface area contributed by atoms with Crippen LogP contribution in [-0.4, -0.2) is 6.16 Å². The van der Waals surface area contributed by atoms with E-state index in [1.54, 1.807) is 0 Å². The minimum Gasteiger partial charge on any atom is -0.0699 e. The number of benzene rings is 3. The SMILES string of the molecule is [2H]C([2H])([2H])C1=C(C[P+](c2ccccc2)(c2ccccc2)c2ccccc2)C(C)(C)CCC1([2H])[2H]. The standard InChI is InChI=1S/C28H32P/c1-23-14-13-21-28(2,3)27(23)22-29(24-15-7-4-8-16-24,25-17-9-5-10-18-25)26-19-11-6-12-20-26/h4-12,15-20H,13-14,21-22H2,1-3H3/q+1/i1D3,14D2. The third-order valence-electron chi connectivity index (χ3n) is 6.16. The Hall–Kier alpha value is -2.17. The van der Waals surface area contributed by atoms with Crippen LogP contribution in [0.3, 0.4) is 0 Å². The van der Waals surface area contributed by atoms with Crippen molar-refractivity contribution in [2.24, 2.45) is 5.41 Å². The first kappa shape index (κ1) is 14.8. The van der Waals surface area contributed by atoms with Gasteiger partial charge >= 0.3 is 0 Å². The third-order valence-corrected chi connectivity index (χ3v) is 10.5. The van der Waals surface area contributed by atoms with E-state index in [1.807, 2.05) is 54.6 Å². The van der Waals surface area contributed by atoms with Gasteiger partial charge in [-0.05, 0) is 73.5 Å². The molecule has 4 rings (SSSR count). The van der Waals surface area contributed by atoms with Crippen molar-refractivity contribution in [3.8, 4) is 0 Å². The highest BCUT2D eigenvalue weighted by Gasteiger charge is 2.48. The molecule has 1 aliphatic carbocycles. The van der Waals surface area contributed by atoms with Crippen LogP contribution < -0.4 is 15.9 Å². The van der Waals surface area contributed by atoms with Crippen LogP contribution in [0.5, 0.6) is 0 Å². The minimum atomic E-state index is -2.49. The molecule has 0 N–H and O–H groups in total. The van der Waals surface area contributed by atoms with Gasteiger partial charge in [0, 0.05) is 6.85 Å². The van der Waals surface area contributed by atoms with Crippen molar-refractivity contribution in [2.45, 2.75) is 39.9 Å². The zero-order valence-electron chi connectivity index (χ0n) is 22.2. The summed E-state index contributed by atoms with van der Waals surface area (Å²) in [7, 11) is -2.34. The fraction of sp³-hybridized carbons (Fsp3) is 0.286. The van der Waals surface area contributed by atoms with E-state index >= 15 is 0 Å². The topological polar surface area (TPSA) is 0 Å². The summed E-state index contributed by atoms with van der Waals surface area (Å²) in [6.45, 7) is 1.67. The Kier molecular flexibility index (Phi) is 4.22. The van der Waals surface area contributed by atoms with Crippen LogP contribution in [0.25, 0.3) is 0 Å². The summed E-state index contributed by atoms with van der Waals surface area (Å²) in [6, 6.07) is 31.1. The van der Waals surface area contributed by atoms with E-state index < -0.39 is 25.9 Å². The summed E-state index contributed by atoms with van der Waals surface area (Å²) in [5.74, 6) is 0. The van der Waals surface area contributed by atoms with E-state index in [-0.39, 0.29) is 12.0 Å². The molecule has 0 aliphatic heterocycles. The lowest BCUT2D eigenvalue weighted by Gasteiger charge is -2.38. The van der Waals surface area contributed by atoms with Gasteiger partial charge in [-0.1, -0.05) is 74.0 Å². The first-order chi connectivity index (χ1) is 16.0. The molecule has 0 saturated heterocycles. The molecular formula is C28H32P+. The van der Waals surface area contributed by atoms with Crippen molar-refractivity contribution in [2.75, 3.05) is 6.16 Å². The Balaban J connectivity index is 2.10. The summed E-state index contributed by atoms with van der Waals surface area (Å²) < 4.78 is 42.5. The second-order valence-corrected chi connectivity index (χ2v) is 11.9. The quantitative estimate of drug-likeness (QED) is 0.336. The lowest BCUT2D eigenvalue weighted by atomic mass is 9.73. The van der Waals surface area contributed by atoms with Crippen molar-refractivity contribution in [3.63, 3.8) is 0 Å². The van der Waals surface area contributed by atoms with Crippen molar-refractivity contribution >= 4 is 23.2 Å². The molecule has 0 radical (unpaired) electrons. The maximum absolute atomic E-state index is 8.73. The predicted octanol–water partition coefficient (Wildman–Crippen LogP) is 6.51. The van der Waals surface area contributed by atoms with Crippen LogP contribution in [0.1, 0.15) is 46.8 Å². The maximum atomic E-state index is 8.73. The average molecular weight is 405 g/mol. The molecule has 3 aromatic rings. The van der Waals surface area contributed by atoms with E-state index in [9.17, 15) is 0 Å². The second-order valence-electron chi connectivity index (χ2n) is 8.39. The summed E-state index contributed by atoms with van der Waals surface area (Å²) in [5, 5.41) is 3.52.